The quantitative estimate of drug-likeness (QED) is 0.768. The van der Waals surface area contributed by atoms with Crippen molar-refractivity contribution in [3.05, 3.63) is 0 Å². The van der Waals surface area contributed by atoms with E-state index in [1.165, 1.54) is 0 Å². The van der Waals surface area contributed by atoms with E-state index < -0.39 is 0 Å². The first kappa shape index (κ1) is 20.5. The maximum atomic E-state index is 13.0. The second-order valence-electron chi connectivity index (χ2n) is 8.92. The molecule has 0 aromatic rings. The summed E-state index contributed by atoms with van der Waals surface area (Å²) >= 11 is 0. The highest BCUT2D eigenvalue weighted by Crippen LogP contribution is 2.29. The Kier molecular flexibility index (Phi) is 6.77. The maximum absolute atomic E-state index is 13.0. The lowest BCUT2D eigenvalue weighted by Crippen LogP contribution is -2.49. The average molecular weight is 372 g/mol. The standard InChI is InChI=1S/C19H33N3O2.ClH/c1-19(2,3)18(24)22-8-4-5-16(13-22)17(23)21-9-6-14-11-20-12-15(14)7-10-21;/h14-16,20H,4-13H2,1-3H3;1H/t14-,15+,16?;. The van der Waals surface area contributed by atoms with Gasteiger partial charge in [0.2, 0.25) is 11.8 Å². The molecule has 0 aromatic heterocycles. The predicted molar refractivity (Wildman–Crippen MR) is 102 cm³/mol. The molecule has 0 saturated carbocycles. The van der Waals surface area contributed by atoms with Crippen LogP contribution in [0.4, 0.5) is 0 Å². The summed E-state index contributed by atoms with van der Waals surface area (Å²) in [5, 5.41) is 3.48. The first-order valence-electron chi connectivity index (χ1n) is 9.65. The molecular weight excluding hydrogens is 338 g/mol. The minimum atomic E-state index is -0.363. The number of carbonyl (C=O) groups excluding carboxylic acids is 2. The van der Waals surface area contributed by atoms with Crippen molar-refractivity contribution in [2.45, 2.75) is 46.5 Å². The molecule has 1 N–H and O–H groups in total. The molecule has 0 aliphatic carbocycles. The molecule has 144 valence electrons. The second kappa shape index (κ2) is 8.26. The van der Waals surface area contributed by atoms with Crippen LogP contribution in [0.5, 0.6) is 0 Å². The topological polar surface area (TPSA) is 52.7 Å². The fourth-order valence-corrected chi connectivity index (χ4v) is 4.53. The molecule has 6 heteroatoms. The molecule has 2 amide bonds. The number of carbonyl (C=O) groups is 2. The molecule has 3 saturated heterocycles. The third-order valence-corrected chi connectivity index (χ3v) is 6.03. The van der Waals surface area contributed by atoms with E-state index in [0.717, 1.165) is 70.2 Å². The molecule has 3 fully saturated rings. The van der Waals surface area contributed by atoms with Crippen molar-refractivity contribution in [1.82, 2.24) is 15.1 Å². The van der Waals surface area contributed by atoms with E-state index in [2.05, 4.69) is 10.2 Å². The van der Waals surface area contributed by atoms with Crippen molar-refractivity contribution in [2.75, 3.05) is 39.3 Å². The van der Waals surface area contributed by atoms with E-state index in [0.29, 0.717) is 6.54 Å². The van der Waals surface area contributed by atoms with Gasteiger partial charge in [0.25, 0.3) is 0 Å². The van der Waals surface area contributed by atoms with E-state index in [1.807, 2.05) is 25.7 Å². The zero-order chi connectivity index (χ0) is 17.3. The zero-order valence-corrected chi connectivity index (χ0v) is 16.7. The fourth-order valence-electron chi connectivity index (χ4n) is 4.53. The highest BCUT2D eigenvalue weighted by Gasteiger charge is 2.37. The highest BCUT2D eigenvalue weighted by molar-refractivity contribution is 5.85. The minimum absolute atomic E-state index is 0. The lowest BCUT2D eigenvalue weighted by molar-refractivity contribution is -0.145. The summed E-state index contributed by atoms with van der Waals surface area (Å²) < 4.78 is 0. The number of nitrogens with zero attached hydrogens (tertiary/aromatic N) is 2. The summed E-state index contributed by atoms with van der Waals surface area (Å²) in [6.45, 7) is 11.3. The molecule has 3 rings (SSSR count). The van der Waals surface area contributed by atoms with Crippen molar-refractivity contribution in [1.29, 1.82) is 0 Å². The van der Waals surface area contributed by atoms with Crippen LogP contribution in [0, 0.1) is 23.2 Å². The van der Waals surface area contributed by atoms with Gasteiger partial charge in [0.1, 0.15) is 0 Å². The van der Waals surface area contributed by atoms with Crippen LogP contribution < -0.4 is 5.32 Å². The molecule has 3 atom stereocenters. The van der Waals surface area contributed by atoms with Gasteiger partial charge in [-0.05, 0) is 50.6 Å². The smallest absolute Gasteiger partial charge is 0.227 e. The fraction of sp³-hybridized carbons (Fsp3) is 0.895. The average Bonchev–Trinajstić information content (AvgIpc) is 2.91. The van der Waals surface area contributed by atoms with Gasteiger partial charge in [0.05, 0.1) is 5.92 Å². The molecule has 1 unspecified atom stereocenters. The minimum Gasteiger partial charge on any atom is -0.342 e. The summed E-state index contributed by atoms with van der Waals surface area (Å²) in [7, 11) is 0. The van der Waals surface area contributed by atoms with E-state index >= 15 is 0 Å². The third-order valence-electron chi connectivity index (χ3n) is 6.03. The lowest BCUT2D eigenvalue weighted by atomic mass is 9.90. The number of nitrogens with one attached hydrogen (secondary N) is 1. The van der Waals surface area contributed by atoms with Gasteiger partial charge in [-0.15, -0.1) is 12.4 Å². The maximum Gasteiger partial charge on any atom is 0.227 e. The SMILES string of the molecule is CC(C)(C)C(=O)N1CCCC(C(=O)N2CC[C@@H]3CNC[C@@H]3CC2)C1.Cl. The molecule has 3 heterocycles. The Balaban J connectivity index is 0.00000225. The number of hydrogen-bond donors (Lipinski definition) is 1. The van der Waals surface area contributed by atoms with Crippen molar-refractivity contribution < 1.29 is 9.59 Å². The van der Waals surface area contributed by atoms with Crippen LogP contribution in [0.25, 0.3) is 0 Å². The first-order valence-corrected chi connectivity index (χ1v) is 9.65. The van der Waals surface area contributed by atoms with Crippen LogP contribution in [0.1, 0.15) is 46.5 Å². The van der Waals surface area contributed by atoms with E-state index in [1.54, 1.807) is 0 Å². The number of amides is 2. The number of rotatable bonds is 1. The highest BCUT2D eigenvalue weighted by atomic mass is 35.5. The van der Waals surface area contributed by atoms with Crippen molar-refractivity contribution >= 4 is 24.2 Å². The van der Waals surface area contributed by atoms with Gasteiger partial charge < -0.3 is 15.1 Å². The molecular formula is C19H34ClN3O2. The summed E-state index contributed by atoms with van der Waals surface area (Å²) in [6.07, 6.45) is 4.13. The molecule has 25 heavy (non-hydrogen) atoms. The van der Waals surface area contributed by atoms with Crippen LogP contribution in [0.3, 0.4) is 0 Å². The van der Waals surface area contributed by atoms with E-state index in [4.69, 9.17) is 0 Å². The molecule has 3 aliphatic heterocycles. The Hall–Kier alpha value is -0.810. The summed E-state index contributed by atoms with van der Waals surface area (Å²) in [5.74, 6) is 1.95. The number of hydrogen-bond acceptors (Lipinski definition) is 3. The first-order chi connectivity index (χ1) is 11.4. The van der Waals surface area contributed by atoms with Crippen molar-refractivity contribution in [3.8, 4) is 0 Å². The molecule has 0 radical (unpaired) electrons. The van der Waals surface area contributed by atoms with Gasteiger partial charge in [0, 0.05) is 31.6 Å². The van der Waals surface area contributed by atoms with Gasteiger partial charge in [-0.3, -0.25) is 9.59 Å². The van der Waals surface area contributed by atoms with Crippen LogP contribution in [-0.2, 0) is 9.59 Å². The van der Waals surface area contributed by atoms with Crippen LogP contribution >= 0.6 is 12.4 Å². The Morgan fingerprint density at radius 3 is 2.08 bits per heavy atom. The number of piperidine rings is 1. The Morgan fingerprint density at radius 2 is 1.52 bits per heavy atom. The van der Waals surface area contributed by atoms with E-state index in [-0.39, 0.29) is 35.6 Å². The number of halogens is 1. The van der Waals surface area contributed by atoms with Gasteiger partial charge >= 0.3 is 0 Å². The summed E-state index contributed by atoms with van der Waals surface area (Å²) in [4.78, 5) is 29.6. The Bertz CT molecular complexity index is 478. The molecule has 0 aromatic carbocycles. The third kappa shape index (κ3) is 4.68. The van der Waals surface area contributed by atoms with Crippen molar-refractivity contribution in [3.63, 3.8) is 0 Å². The second-order valence-corrected chi connectivity index (χ2v) is 8.92. The monoisotopic (exact) mass is 371 g/mol. The largest absolute Gasteiger partial charge is 0.342 e. The van der Waals surface area contributed by atoms with E-state index in [9.17, 15) is 9.59 Å². The van der Waals surface area contributed by atoms with Gasteiger partial charge in [-0.1, -0.05) is 20.8 Å². The molecule has 5 nitrogen and oxygen atoms in total. The Morgan fingerprint density at radius 1 is 0.920 bits per heavy atom. The molecule has 0 spiro atoms. The van der Waals surface area contributed by atoms with Crippen LogP contribution in [0.15, 0.2) is 0 Å². The number of likely N-dealkylation sites (tertiary alicyclic amines) is 2. The van der Waals surface area contributed by atoms with Crippen LogP contribution in [-0.4, -0.2) is 60.9 Å². The zero-order valence-electron chi connectivity index (χ0n) is 15.9. The number of fused-ring (bicyclic) bond motifs is 1. The predicted octanol–water partition coefficient (Wildman–Crippen LogP) is 2.15. The van der Waals surface area contributed by atoms with Gasteiger partial charge in [-0.25, -0.2) is 0 Å². The normalized spacial score (nSPS) is 30.3. The summed E-state index contributed by atoms with van der Waals surface area (Å²) in [6, 6.07) is 0. The molecule has 3 aliphatic rings. The van der Waals surface area contributed by atoms with Gasteiger partial charge in [-0.2, -0.15) is 0 Å². The van der Waals surface area contributed by atoms with Crippen molar-refractivity contribution in [2.24, 2.45) is 23.2 Å². The Labute approximate surface area is 158 Å². The summed E-state index contributed by atoms with van der Waals surface area (Å²) in [5.41, 5.74) is -0.363. The molecule has 0 bridgehead atoms. The van der Waals surface area contributed by atoms with Crippen LogP contribution in [0.2, 0.25) is 0 Å². The van der Waals surface area contributed by atoms with Gasteiger partial charge in [0.15, 0.2) is 0 Å². The lowest BCUT2D eigenvalue weighted by Gasteiger charge is -2.37.